The summed E-state index contributed by atoms with van der Waals surface area (Å²) in [5, 5.41) is 0. The predicted molar refractivity (Wildman–Crippen MR) is 70.8 cm³/mol. The van der Waals surface area contributed by atoms with Crippen LogP contribution in [0.1, 0.15) is 56.3 Å². The molecule has 0 amide bonds. The van der Waals surface area contributed by atoms with Gasteiger partial charge in [0.2, 0.25) is 0 Å². The van der Waals surface area contributed by atoms with Gasteiger partial charge in [-0.05, 0) is 30.9 Å². The van der Waals surface area contributed by atoms with Crippen LogP contribution >= 0.6 is 0 Å². The van der Waals surface area contributed by atoms with Crippen LogP contribution in [0.2, 0.25) is 0 Å². The highest BCUT2D eigenvalue weighted by Crippen LogP contribution is 2.35. The maximum atomic E-state index is 6.55. The van der Waals surface area contributed by atoms with Gasteiger partial charge in [0.15, 0.2) is 0 Å². The van der Waals surface area contributed by atoms with Crippen molar-refractivity contribution < 1.29 is 4.74 Å². The standard InChI is InChI=1S/C15H23NO/c1-12(17-2)13-7-6-8-14(11-13)15(16)9-4-3-5-10-15/h6-8,11-12H,3-5,9-10,16H2,1-2H3. The lowest BCUT2D eigenvalue weighted by atomic mass is 9.77. The Balaban J connectivity index is 2.25. The minimum Gasteiger partial charge on any atom is -0.377 e. The summed E-state index contributed by atoms with van der Waals surface area (Å²) >= 11 is 0. The van der Waals surface area contributed by atoms with Gasteiger partial charge < -0.3 is 10.5 Å². The van der Waals surface area contributed by atoms with Crippen LogP contribution in [0, 0.1) is 0 Å². The molecule has 0 bridgehead atoms. The van der Waals surface area contributed by atoms with Gasteiger partial charge in [-0.25, -0.2) is 0 Å². The molecule has 2 rings (SSSR count). The quantitative estimate of drug-likeness (QED) is 0.867. The van der Waals surface area contributed by atoms with E-state index < -0.39 is 0 Å². The van der Waals surface area contributed by atoms with E-state index in [1.54, 1.807) is 7.11 Å². The fourth-order valence-electron chi connectivity index (χ4n) is 2.71. The molecule has 2 heteroatoms. The lowest BCUT2D eigenvalue weighted by Gasteiger charge is -2.34. The molecule has 0 radical (unpaired) electrons. The summed E-state index contributed by atoms with van der Waals surface area (Å²) in [7, 11) is 1.75. The highest BCUT2D eigenvalue weighted by atomic mass is 16.5. The summed E-state index contributed by atoms with van der Waals surface area (Å²) in [6.07, 6.45) is 6.19. The Morgan fingerprint density at radius 3 is 2.59 bits per heavy atom. The topological polar surface area (TPSA) is 35.2 Å². The van der Waals surface area contributed by atoms with Crippen molar-refractivity contribution in [1.29, 1.82) is 0 Å². The minimum atomic E-state index is -0.109. The predicted octanol–water partition coefficient (Wildman–Crippen LogP) is 3.51. The van der Waals surface area contributed by atoms with E-state index in [-0.39, 0.29) is 11.6 Å². The Kier molecular flexibility index (Phi) is 3.85. The van der Waals surface area contributed by atoms with Crippen molar-refractivity contribution in [3.63, 3.8) is 0 Å². The highest BCUT2D eigenvalue weighted by Gasteiger charge is 2.29. The van der Waals surface area contributed by atoms with Crippen LogP contribution in [-0.2, 0) is 10.3 Å². The summed E-state index contributed by atoms with van der Waals surface area (Å²) in [5.74, 6) is 0. The normalized spacial score (nSPS) is 21.1. The van der Waals surface area contributed by atoms with Crippen LogP contribution in [-0.4, -0.2) is 7.11 Å². The van der Waals surface area contributed by atoms with E-state index in [0.717, 1.165) is 12.8 Å². The van der Waals surface area contributed by atoms with Crippen LogP contribution in [0.5, 0.6) is 0 Å². The summed E-state index contributed by atoms with van der Waals surface area (Å²) in [6.45, 7) is 2.07. The largest absolute Gasteiger partial charge is 0.377 e. The SMILES string of the molecule is COC(C)c1cccc(C2(N)CCCCC2)c1. The van der Waals surface area contributed by atoms with Crippen LogP contribution in [0.4, 0.5) is 0 Å². The van der Waals surface area contributed by atoms with Crippen molar-refractivity contribution in [2.24, 2.45) is 5.73 Å². The molecule has 1 atom stereocenters. The fourth-order valence-corrected chi connectivity index (χ4v) is 2.71. The fraction of sp³-hybridized carbons (Fsp3) is 0.600. The van der Waals surface area contributed by atoms with Crippen LogP contribution < -0.4 is 5.73 Å². The second kappa shape index (κ2) is 5.19. The van der Waals surface area contributed by atoms with E-state index in [4.69, 9.17) is 10.5 Å². The summed E-state index contributed by atoms with van der Waals surface area (Å²) < 4.78 is 5.37. The van der Waals surface area contributed by atoms with Gasteiger partial charge in [-0.15, -0.1) is 0 Å². The van der Waals surface area contributed by atoms with Gasteiger partial charge >= 0.3 is 0 Å². The van der Waals surface area contributed by atoms with Crippen LogP contribution in [0.3, 0.4) is 0 Å². The summed E-state index contributed by atoms with van der Waals surface area (Å²) in [5.41, 5.74) is 8.94. The lowest BCUT2D eigenvalue weighted by molar-refractivity contribution is 0.119. The number of rotatable bonds is 3. The van der Waals surface area contributed by atoms with E-state index in [2.05, 4.69) is 31.2 Å². The maximum absolute atomic E-state index is 6.55. The molecule has 1 fully saturated rings. The molecule has 1 aliphatic rings. The van der Waals surface area contributed by atoms with Gasteiger partial charge in [0, 0.05) is 12.6 Å². The van der Waals surface area contributed by atoms with Crippen LogP contribution in [0.25, 0.3) is 0 Å². The molecule has 1 aliphatic carbocycles. The first-order valence-corrected chi connectivity index (χ1v) is 6.58. The van der Waals surface area contributed by atoms with Crippen molar-refractivity contribution in [3.05, 3.63) is 35.4 Å². The zero-order valence-corrected chi connectivity index (χ0v) is 10.9. The van der Waals surface area contributed by atoms with E-state index >= 15 is 0 Å². The van der Waals surface area contributed by atoms with Gasteiger partial charge in [-0.3, -0.25) is 0 Å². The third-order valence-corrected chi connectivity index (χ3v) is 4.03. The van der Waals surface area contributed by atoms with Gasteiger partial charge in [-0.1, -0.05) is 43.5 Å². The molecule has 0 spiro atoms. The molecular formula is C15H23NO. The number of methoxy groups -OCH3 is 1. The third-order valence-electron chi connectivity index (χ3n) is 4.03. The number of hydrogen-bond acceptors (Lipinski definition) is 2. The number of benzene rings is 1. The Hall–Kier alpha value is -0.860. The zero-order valence-electron chi connectivity index (χ0n) is 10.9. The average molecular weight is 233 g/mol. The van der Waals surface area contributed by atoms with Crippen molar-refractivity contribution >= 4 is 0 Å². The lowest BCUT2D eigenvalue weighted by Crippen LogP contribution is -2.38. The van der Waals surface area contributed by atoms with Crippen molar-refractivity contribution in [1.82, 2.24) is 0 Å². The van der Waals surface area contributed by atoms with E-state index in [1.165, 1.54) is 30.4 Å². The van der Waals surface area contributed by atoms with E-state index in [9.17, 15) is 0 Å². The molecule has 1 saturated carbocycles. The second-order valence-corrected chi connectivity index (χ2v) is 5.22. The van der Waals surface area contributed by atoms with Crippen molar-refractivity contribution in [3.8, 4) is 0 Å². The molecule has 2 N–H and O–H groups in total. The zero-order chi connectivity index (χ0) is 12.3. The molecule has 2 nitrogen and oxygen atoms in total. The van der Waals surface area contributed by atoms with Crippen molar-refractivity contribution in [2.45, 2.75) is 50.7 Å². The Labute approximate surface area is 104 Å². The molecule has 1 aromatic carbocycles. The average Bonchev–Trinajstić information content (AvgIpc) is 2.39. The molecule has 94 valence electrons. The highest BCUT2D eigenvalue weighted by molar-refractivity contribution is 5.30. The number of ether oxygens (including phenoxy) is 1. The third kappa shape index (κ3) is 2.70. The van der Waals surface area contributed by atoms with Gasteiger partial charge in [0.1, 0.15) is 0 Å². The summed E-state index contributed by atoms with van der Waals surface area (Å²) in [6, 6.07) is 8.60. The number of hydrogen-bond donors (Lipinski definition) is 1. The minimum absolute atomic E-state index is 0.109. The van der Waals surface area contributed by atoms with E-state index in [0.29, 0.717) is 0 Å². The molecule has 1 unspecified atom stereocenters. The molecule has 0 heterocycles. The summed E-state index contributed by atoms with van der Waals surface area (Å²) in [4.78, 5) is 0. The van der Waals surface area contributed by atoms with Gasteiger partial charge in [0.25, 0.3) is 0 Å². The van der Waals surface area contributed by atoms with Gasteiger partial charge in [0.05, 0.1) is 6.10 Å². The molecular weight excluding hydrogens is 210 g/mol. The Bertz CT molecular complexity index is 369. The maximum Gasteiger partial charge on any atom is 0.0793 e. The first kappa shape index (κ1) is 12.6. The molecule has 1 aromatic rings. The molecule has 0 saturated heterocycles. The molecule has 0 aromatic heterocycles. The smallest absolute Gasteiger partial charge is 0.0793 e. The Morgan fingerprint density at radius 1 is 1.24 bits per heavy atom. The Morgan fingerprint density at radius 2 is 1.94 bits per heavy atom. The van der Waals surface area contributed by atoms with Crippen molar-refractivity contribution in [2.75, 3.05) is 7.11 Å². The molecule has 0 aliphatic heterocycles. The monoisotopic (exact) mass is 233 g/mol. The second-order valence-electron chi connectivity index (χ2n) is 5.22. The van der Waals surface area contributed by atoms with E-state index in [1.807, 2.05) is 0 Å². The first-order valence-electron chi connectivity index (χ1n) is 6.58. The molecule has 17 heavy (non-hydrogen) atoms. The van der Waals surface area contributed by atoms with Crippen LogP contribution in [0.15, 0.2) is 24.3 Å². The number of nitrogens with two attached hydrogens (primary N) is 1. The van der Waals surface area contributed by atoms with Gasteiger partial charge in [-0.2, -0.15) is 0 Å². The first-order chi connectivity index (χ1) is 8.15.